The smallest absolute Gasteiger partial charge is 0.207 e. The zero-order valence-corrected chi connectivity index (χ0v) is 14.6. The predicted molar refractivity (Wildman–Crippen MR) is 96.6 cm³/mol. The van der Waals surface area contributed by atoms with Crippen molar-refractivity contribution in [1.29, 1.82) is 0 Å². The van der Waals surface area contributed by atoms with Crippen molar-refractivity contribution in [2.45, 2.75) is 13.2 Å². The lowest BCUT2D eigenvalue weighted by molar-refractivity contribution is 0.0860. The predicted octanol–water partition coefficient (Wildman–Crippen LogP) is 3.18. The van der Waals surface area contributed by atoms with Gasteiger partial charge >= 0.3 is 0 Å². The highest BCUT2D eigenvalue weighted by molar-refractivity contribution is 7.99. The summed E-state index contributed by atoms with van der Waals surface area (Å²) in [5.41, 5.74) is 2.12. The van der Waals surface area contributed by atoms with Crippen LogP contribution in [0.3, 0.4) is 0 Å². The van der Waals surface area contributed by atoms with Gasteiger partial charge in [-0.05, 0) is 12.1 Å². The van der Waals surface area contributed by atoms with Crippen LogP contribution in [0.5, 0.6) is 0 Å². The summed E-state index contributed by atoms with van der Waals surface area (Å²) >= 11 is 1.91. The van der Waals surface area contributed by atoms with E-state index in [-0.39, 0.29) is 18.0 Å². The summed E-state index contributed by atoms with van der Waals surface area (Å²) in [6, 6.07) is 7.01. The van der Waals surface area contributed by atoms with Gasteiger partial charge in [-0.25, -0.2) is 4.39 Å². The molecule has 132 valence electrons. The number of aromatic nitrogens is 1. The number of nitrogens with one attached hydrogen (secondary N) is 1. The number of anilines is 2. The van der Waals surface area contributed by atoms with Crippen LogP contribution in [-0.2, 0) is 4.84 Å². The number of halogens is 1. The second kappa shape index (κ2) is 6.95. The van der Waals surface area contributed by atoms with Gasteiger partial charge in [0, 0.05) is 36.2 Å². The summed E-state index contributed by atoms with van der Waals surface area (Å²) in [5.74, 6) is 2.39. The largest absolute Gasteiger partial charge is 0.370 e. The number of hydrogen-bond acceptors (Lipinski definition) is 7. The molecule has 4 rings (SSSR count). The minimum atomic E-state index is -0.359. The fraction of sp³-hybridized carbons (Fsp3) is 0.412. The van der Waals surface area contributed by atoms with Gasteiger partial charge in [-0.15, -0.1) is 0 Å². The molecule has 2 unspecified atom stereocenters. The van der Waals surface area contributed by atoms with E-state index in [9.17, 15) is 4.39 Å². The first-order valence-corrected chi connectivity index (χ1v) is 9.41. The fourth-order valence-corrected chi connectivity index (χ4v) is 3.96. The molecule has 0 spiro atoms. The quantitative estimate of drug-likeness (QED) is 0.901. The van der Waals surface area contributed by atoms with E-state index in [0.717, 1.165) is 35.9 Å². The molecule has 1 N–H and O–H groups in total. The number of nitrogens with zero attached hydrogens (tertiary/aromatic N) is 3. The van der Waals surface area contributed by atoms with Gasteiger partial charge in [0.2, 0.25) is 6.23 Å². The van der Waals surface area contributed by atoms with Crippen LogP contribution < -0.4 is 10.2 Å². The first-order chi connectivity index (χ1) is 12.2. The van der Waals surface area contributed by atoms with E-state index >= 15 is 0 Å². The van der Waals surface area contributed by atoms with Crippen LogP contribution >= 0.6 is 11.8 Å². The molecule has 0 bridgehead atoms. The number of thioether (sulfide) groups is 1. The fourth-order valence-electron chi connectivity index (χ4n) is 3.06. The van der Waals surface area contributed by atoms with Crippen LogP contribution in [0.25, 0.3) is 0 Å². The highest BCUT2D eigenvalue weighted by atomic mass is 32.2. The summed E-state index contributed by atoms with van der Waals surface area (Å²) in [6.45, 7) is 3.74. The molecule has 0 aliphatic carbocycles. The molecule has 2 aliphatic heterocycles. The van der Waals surface area contributed by atoms with Crippen molar-refractivity contribution in [1.82, 2.24) is 5.16 Å². The minimum Gasteiger partial charge on any atom is -0.370 e. The summed E-state index contributed by atoms with van der Waals surface area (Å²) in [4.78, 5) is 7.55. The van der Waals surface area contributed by atoms with Crippen molar-refractivity contribution in [3.63, 3.8) is 0 Å². The average molecular weight is 362 g/mol. The van der Waals surface area contributed by atoms with Crippen molar-refractivity contribution >= 4 is 29.0 Å². The van der Waals surface area contributed by atoms with Gasteiger partial charge < -0.3 is 19.6 Å². The molecule has 8 heteroatoms. The van der Waals surface area contributed by atoms with Crippen molar-refractivity contribution in [3.8, 4) is 0 Å². The molecule has 1 saturated heterocycles. The van der Waals surface area contributed by atoms with E-state index in [1.54, 1.807) is 12.1 Å². The zero-order chi connectivity index (χ0) is 17.2. The molecule has 25 heavy (non-hydrogen) atoms. The first kappa shape index (κ1) is 16.3. The van der Waals surface area contributed by atoms with Gasteiger partial charge in [0.1, 0.15) is 12.1 Å². The molecule has 0 amide bonds. The van der Waals surface area contributed by atoms with Gasteiger partial charge in [-0.3, -0.25) is 0 Å². The van der Waals surface area contributed by atoms with E-state index in [0.29, 0.717) is 11.5 Å². The third kappa shape index (κ3) is 3.30. The lowest BCUT2D eigenvalue weighted by Gasteiger charge is -2.29. The standard InChI is InChI=1S/C17H19FN4O2S/c1-11-16(21-24-17(11)19-15-4-7-23-20-15)12-2-3-14(13(18)10-12)22-5-8-25-9-6-22/h2-4,7,10-11,17H,5-6,8-9H2,1H3,(H,19,20). The number of hydrogen-bond donors (Lipinski definition) is 1. The highest BCUT2D eigenvalue weighted by Crippen LogP contribution is 2.28. The zero-order valence-electron chi connectivity index (χ0n) is 13.8. The monoisotopic (exact) mass is 362 g/mol. The Morgan fingerprint density at radius 1 is 1.28 bits per heavy atom. The summed E-state index contributed by atoms with van der Waals surface area (Å²) in [5, 5.41) is 11.1. The Labute approximate surface area is 149 Å². The first-order valence-electron chi connectivity index (χ1n) is 8.25. The van der Waals surface area contributed by atoms with Crippen molar-refractivity contribution < 1.29 is 13.8 Å². The van der Waals surface area contributed by atoms with Crippen LogP contribution in [0.4, 0.5) is 15.9 Å². The number of oxime groups is 1. The van der Waals surface area contributed by atoms with E-state index in [1.165, 1.54) is 6.26 Å². The maximum atomic E-state index is 14.6. The Kier molecular flexibility index (Phi) is 4.52. The van der Waals surface area contributed by atoms with E-state index in [2.05, 4.69) is 20.5 Å². The van der Waals surface area contributed by atoms with Gasteiger partial charge in [-0.1, -0.05) is 23.3 Å². The summed E-state index contributed by atoms with van der Waals surface area (Å²) in [7, 11) is 0. The van der Waals surface area contributed by atoms with Crippen molar-refractivity contribution in [2.24, 2.45) is 11.1 Å². The van der Waals surface area contributed by atoms with Crippen LogP contribution in [0.2, 0.25) is 0 Å². The van der Waals surface area contributed by atoms with Gasteiger partial charge in [0.25, 0.3) is 0 Å². The van der Waals surface area contributed by atoms with Crippen molar-refractivity contribution in [2.75, 3.05) is 34.8 Å². The van der Waals surface area contributed by atoms with E-state index in [1.807, 2.05) is 30.8 Å². The lowest BCUT2D eigenvalue weighted by Crippen LogP contribution is -2.33. The Morgan fingerprint density at radius 2 is 2.12 bits per heavy atom. The van der Waals surface area contributed by atoms with Crippen LogP contribution in [0.1, 0.15) is 12.5 Å². The Balaban J connectivity index is 1.49. The topological polar surface area (TPSA) is 62.9 Å². The molecule has 1 aromatic carbocycles. The second-order valence-corrected chi connectivity index (χ2v) is 7.31. The molecule has 2 atom stereocenters. The Morgan fingerprint density at radius 3 is 2.84 bits per heavy atom. The van der Waals surface area contributed by atoms with Gasteiger partial charge in [0.05, 0.1) is 17.3 Å². The molecule has 0 saturated carbocycles. The maximum Gasteiger partial charge on any atom is 0.207 e. The Bertz CT molecular complexity index is 762. The number of benzene rings is 1. The molecule has 0 radical (unpaired) electrons. The molecule has 3 heterocycles. The summed E-state index contributed by atoms with van der Waals surface area (Å²) in [6.07, 6.45) is 1.12. The third-order valence-electron chi connectivity index (χ3n) is 4.47. The normalized spacial score (nSPS) is 23.3. The molecular formula is C17H19FN4O2S. The number of rotatable bonds is 4. The molecule has 1 fully saturated rings. The van der Waals surface area contributed by atoms with Crippen LogP contribution in [0, 0.1) is 11.7 Å². The maximum absolute atomic E-state index is 14.6. The SMILES string of the molecule is CC1C(c2ccc(N3CCSCC3)c(F)c2)=NOC1Nc1ccon1. The lowest BCUT2D eigenvalue weighted by atomic mass is 9.97. The third-order valence-corrected chi connectivity index (χ3v) is 5.42. The van der Waals surface area contributed by atoms with Gasteiger partial charge in [0.15, 0.2) is 5.82 Å². The molecular weight excluding hydrogens is 343 g/mol. The molecule has 2 aliphatic rings. The van der Waals surface area contributed by atoms with Gasteiger partial charge in [-0.2, -0.15) is 11.8 Å². The van der Waals surface area contributed by atoms with E-state index in [4.69, 9.17) is 9.36 Å². The molecule has 2 aromatic rings. The Hall–Kier alpha value is -2.22. The van der Waals surface area contributed by atoms with Crippen LogP contribution in [0.15, 0.2) is 40.2 Å². The average Bonchev–Trinajstić information content (AvgIpc) is 3.27. The molecule has 6 nitrogen and oxygen atoms in total. The van der Waals surface area contributed by atoms with E-state index < -0.39 is 0 Å². The second-order valence-electron chi connectivity index (χ2n) is 6.09. The highest BCUT2D eigenvalue weighted by Gasteiger charge is 2.32. The van der Waals surface area contributed by atoms with Crippen LogP contribution in [-0.4, -0.2) is 41.7 Å². The molecule has 1 aromatic heterocycles. The minimum absolute atomic E-state index is 0.0478. The summed E-state index contributed by atoms with van der Waals surface area (Å²) < 4.78 is 19.4. The van der Waals surface area contributed by atoms with Crippen molar-refractivity contribution in [3.05, 3.63) is 41.9 Å².